The van der Waals surface area contributed by atoms with Crippen molar-refractivity contribution in [2.24, 2.45) is 11.8 Å². The average molecular weight is 351 g/mol. The zero-order valence-electron chi connectivity index (χ0n) is 15.8. The van der Waals surface area contributed by atoms with Gasteiger partial charge in [0.15, 0.2) is 0 Å². The highest BCUT2D eigenvalue weighted by molar-refractivity contribution is 5.95. The van der Waals surface area contributed by atoms with Crippen LogP contribution in [0.15, 0.2) is 36.5 Å². The van der Waals surface area contributed by atoms with E-state index in [4.69, 9.17) is 0 Å². The highest BCUT2D eigenvalue weighted by Gasteiger charge is 2.51. The molecule has 1 aromatic carbocycles. The topological polar surface area (TPSA) is 46.9 Å². The van der Waals surface area contributed by atoms with Crippen molar-refractivity contribution >= 4 is 5.91 Å². The fourth-order valence-electron chi connectivity index (χ4n) is 5.11. The van der Waals surface area contributed by atoms with Crippen molar-refractivity contribution in [2.75, 3.05) is 0 Å². The molecule has 0 saturated heterocycles. The fraction of sp³-hybridized carbons (Fsp3) is 0.545. The summed E-state index contributed by atoms with van der Waals surface area (Å²) in [6.45, 7) is 4.91. The summed E-state index contributed by atoms with van der Waals surface area (Å²) in [7, 11) is 0. The van der Waals surface area contributed by atoms with Gasteiger partial charge in [0.1, 0.15) is 0 Å². The molecule has 2 aliphatic carbocycles. The summed E-state index contributed by atoms with van der Waals surface area (Å²) in [5, 5.41) is 7.87. The number of nitrogens with zero attached hydrogens (tertiary/aromatic N) is 2. The van der Waals surface area contributed by atoms with E-state index in [2.05, 4.69) is 47.7 Å². The molecule has 4 rings (SSSR count). The molecule has 2 aliphatic rings. The number of rotatable bonds is 5. The zero-order valence-corrected chi connectivity index (χ0v) is 15.8. The van der Waals surface area contributed by atoms with Gasteiger partial charge in [0.05, 0.1) is 11.3 Å². The van der Waals surface area contributed by atoms with Crippen LogP contribution in [0.5, 0.6) is 0 Å². The number of aryl methyl sites for hydroxylation is 2. The highest BCUT2D eigenvalue weighted by atomic mass is 16.1. The van der Waals surface area contributed by atoms with Gasteiger partial charge in [0, 0.05) is 24.7 Å². The minimum Gasteiger partial charge on any atom is -0.348 e. The van der Waals surface area contributed by atoms with E-state index in [1.54, 1.807) is 0 Å². The molecule has 4 heteroatoms. The van der Waals surface area contributed by atoms with E-state index in [1.165, 1.54) is 31.2 Å². The van der Waals surface area contributed by atoms with Gasteiger partial charge in [-0.25, -0.2) is 0 Å². The summed E-state index contributed by atoms with van der Waals surface area (Å²) in [4.78, 5) is 13.0. The Kier molecular flexibility index (Phi) is 4.84. The van der Waals surface area contributed by atoms with Crippen molar-refractivity contribution in [2.45, 2.75) is 64.5 Å². The van der Waals surface area contributed by atoms with Crippen LogP contribution in [-0.2, 0) is 6.54 Å². The predicted octanol–water partition coefficient (Wildman–Crippen LogP) is 4.30. The van der Waals surface area contributed by atoms with Crippen LogP contribution in [-0.4, -0.2) is 21.7 Å². The quantitative estimate of drug-likeness (QED) is 0.873. The van der Waals surface area contributed by atoms with Crippen LogP contribution in [0.1, 0.15) is 66.6 Å². The molecule has 0 aliphatic heterocycles. The minimum atomic E-state index is 0.0415. The van der Waals surface area contributed by atoms with Gasteiger partial charge in [0.2, 0.25) is 0 Å². The molecule has 26 heavy (non-hydrogen) atoms. The van der Waals surface area contributed by atoms with Gasteiger partial charge < -0.3 is 5.32 Å². The van der Waals surface area contributed by atoms with Gasteiger partial charge in [-0.05, 0) is 43.6 Å². The standard InChI is InChI=1S/C22H29N3O/c1-3-13-25-14-19(15(2)24-25)22(26)23-21-18-12-8-7-11-17(18)20(21)16-9-5-4-6-10-16/h4-6,9-10,14,17-18,20-21H,3,7-8,11-13H2,1-2H3,(H,23,26)/t17-,18-,20+,21+/m1/s1. The number of fused-ring (bicyclic) bond motifs is 1. The van der Waals surface area contributed by atoms with Crippen molar-refractivity contribution in [3.05, 3.63) is 53.3 Å². The number of nitrogens with one attached hydrogen (secondary N) is 1. The normalized spacial score (nSPS) is 27.5. The van der Waals surface area contributed by atoms with E-state index in [9.17, 15) is 4.79 Å². The van der Waals surface area contributed by atoms with Crippen LogP contribution in [0.25, 0.3) is 0 Å². The van der Waals surface area contributed by atoms with Crippen molar-refractivity contribution in [3.8, 4) is 0 Å². The SMILES string of the molecule is CCCn1cc(C(=O)N[C@H]2[C@@H]3CCCC[C@H]3[C@@H]2c2ccccc2)c(C)n1. The summed E-state index contributed by atoms with van der Waals surface area (Å²) in [6.07, 6.45) is 8.08. The van der Waals surface area contributed by atoms with E-state index in [0.29, 0.717) is 11.8 Å². The van der Waals surface area contributed by atoms with E-state index in [0.717, 1.165) is 30.1 Å². The van der Waals surface area contributed by atoms with Crippen molar-refractivity contribution in [1.29, 1.82) is 0 Å². The van der Waals surface area contributed by atoms with Gasteiger partial charge >= 0.3 is 0 Å². The van der Waals surface area contributed by atoms with Crippen LogP contribution >= 0.6 is 0 Å². The minimum absolute atomic E-state index is 0.0415. The largest absolute Gasteiger partial charge is 0.348 e. The Morgan fingerprint density at radius 2 is 1.92 bits per heavy atom. The van der Waals surface area contributed by atoms with Crippen molar-refractivity contribution < 1.29 is 4.79 Å². The maximum atomic E-state index is 13.0. The molecule has 1 aromatic heterocycles. The van der Waals surface area contributed by atoms with Gasteiger partial charge in [-0.15, -0.1) is 0 Å². The molecular weight excluding hydrogens is 322 g/mol. The van der Waals surface area contributed by atoms with Gasteiger partial charge in [-0.1, -0.05) is 50.1 Å². The summed E-state index contributed by atoms with van der Waals surface area (Å²) < 4.78 is 1.89. The fourth-order valence-corrected chi connectivity index (χ4v) is 5.11. The molecule has 1 amide bonds. The molecule has 2 aromatic rings. The molecule has 2 fully saturated rings. The second-order valence-corrected chi connectivity index (χ2v) is 7.94. The molecule has 4 atom stereocenters. The van der Waals surface area contributed by atoms with Gasteiger partial charge in [0.25, 0.3) is 5.91 Å². The Labute approximate surface area is 156 Å². The molecule has 1 heterocycles. The number of aromatic nitrogens is 2. The van der Waals surface area contributed by atoms with Crippen LogP contribution < -0.4 is 5.32 Å². The number of carbonyl (C=O) groups excluding carboxylic acids is 1. The third-order valence-corrected chi connectivity index (χ3v) is 6.31. The molecule has 2 saturated carbocycles. The van der Waals surface area contributed by atoms with Crippen LogP contribution in [0.4, 0.5) is 0 Å². The van der Waals surface area contributed by atoms with Crippen molar-refractivity contribution in [1.82, 2.24) is 15.1 Å². The Bertz CT molecular complexity index is 767. The first-order valence-electron chi connectivity index (χ1n) is 10.1. The summed E-state index contributed by atoms with van der Waals surface area (Å²) >= 11 is 0. The monoisotopic (exact) mass is 351 g/mol. The first-order valence-corrected chi connectivity index (χ1v) is 10.1. The van der Waals surface area contributed by atoms with Gasteiger partial charge in [-0.2, -0.15) is 5.10 Å². The Balaban J connectivity index is 1.54. The number of hydrogen-bond donors (Lipinski definition) is 1. The lowest BCUT2D eigenvalue weighted by Gasteiger charge is -2.55. The van der Waals surface area contributed by atoms with Crippen LogP contribution in [0, 0.1) is 18.8 Å². The summed E-state index contributed by atoms with van der Waals surface area (Å²) in [5.74, 6) is 1.85. The first-order chi connectivity index (χ1) is 12.7. The number of hydrogen-bond acceptors (Lipinski definition) is 2. The van der Waals surface area contributed by atoms with Crippen LogP contribution in [0.2, 0.25) is 0 Å². The lowest BCUT2D eigenvalue weighted by Crippen LogP contribution is -2.59. The number of carbonyl (C=O) groups is 1. The van der Waals surface area contributed by atoms with Gasteiger partial charge in [-0.3, -0.25) is 9.48 Å². The Morgan fingerprint density at radius 3 is 2.65 bits per heavy atom. The maximum Gasteiger partial charge on any atom is 0.254 e. The van der Waals surface area contributed by atoms with E-state index >= 15 is 0 Å². The van der Waals surface area contributed by atoms with Crippen molar-refractivity contribution in [3.63, 3.8) is 0 Å². The van der Waals surface area contributed by atoms with E-state index < -0.39 is 0 Å². The summed E-state index contributed by atoms with van der Waals surface area (Å²) in [5.41, 5.74) is 2.93. The van der Waals surface area contributed by atoms with E-state index in [-0.39, 0.29) is 11.9 Å². The third kappa shape index (κ3) is 3.06. The lowest BCUT2D eigenvalue weighted by molar-refractivity contribution is 0.0252. The number of benzene rings is 1. The molecule has 1 N–H and O–H groups in total. The predicted molar refractivity (Wildman–Crippen MR) is 103 cm³/mol. The highest BCUT2D eigenvalue weighted by Crippen LogP contribution is 2.54. The molecule has 0 spiro atoms. The lowest BCUT2D eigenvalue weighted by atomic mass is 9.53. The molecule has 0 bridgehead atoms. The third-order valence-electron chi connectivity index (χ3n) is 6.31. The van der Waals surface area contributed by atoms with Crippen LogP contribution in [0.3, 0.4) is 0 Å². The zero-order chi connectivity index (χ0) is 18.1. The second-order valence-electron chi connectivity index (χ2n) is 7.94. The molecular formula is C22H29N3O. The molecule has 0 radical (unpaired) electrons. The second kappa shape index (κ2) is 7.26. The Morgan fingerprint density at radius 1 is 1.19 bits per heavy atom. The summed E-state index contributed by atoms with van der Waals surface area (Å²) in [6, 6.07) is 11.0. The Hall–Kier alpha value is -2.10. The molecule has 0 unspecified atom stereocenters. The smallest absolute Gasteiger partial charge is 0.254 e. The van der Waals surface area contributed by atoms with E-state index in [1.807, 2.05) is 17.8 Å². The first kappa shape index (κ1) is 17.3. The average Bonchev–Trinajstić information content (AvgIpc) is 3.01. The molecule has 138 valence electrons. The molecule has 4 nitrogen and oxygen atoms in total. The maximum absolute atomic E-state index is 13.0. The number of amides is 1.